The van der Waals surface area contributed by atoms with E-state index in [0.717, 1.165) is 49.8 Å². The molecule has 0 saturated carbocycles. The van der Waals surface area contributed by atoms with E-state index in [-0.39, 0.29) is 18.5 Å². The summed E-state index contributed by atoms with van der Waals surface area (Å²) in [6, 6.07) is 14.2. The third-order valence-corrected chi connectivity index (χ3v) is 10.4. The van der Waals surface area contributed by atoms with Crippen molar-refractivity contribution in [2.75, 3.05) is 33.0 Å². The van der Waals surface area contributed by atoms with E-state index in [0.29, 0.717) is 81.5 Å². The fourth-order valence-corrected chi connectivity index (χ4v) is 7.93. The second-order valence-electron chi connectivity index (χ2n) is 13.4. The molecule has 0 spiro atoms. The molecule has 1 fully saturated rings. The molecule has 11 heteroatoms. The van der Waals surface area contributed by atoms with Gasteiger partial charge in [-0.3, -0.25) is 4.68 Å². The van der Waals surface area contributed by atoms with Crippen LogP contribution in [0, 0.1) is 5.82 Å². The van der Waals surface area contributed by atoms with Gasteiger partial charge in [0.15, 0.2) is 5.79 Å². The van der Waals surface area contributed by atoms with E-state index in [9.17, 15) is 9.18 Å². The zero-order valence-corrected chi connectivity index (χ0v) is 30.9. The summed E-state index contributed by atoms with van der Waals surface area (Å²) in [5.41, 5.74) is 5.77. The number of ether oxygens (including phenoxy) is 5. The third kappa shape index (κ3) is 6.97. The molecule has 274 valence electrons. The number of esters is 1. The summed E-state index contributed by atoms with van der Waals surface area (Å²) in [5, 5.41) is 8.18. The van der Waals surface area contributed by atoms with Gasteiger partial charge in [-0.05, 0) is 80.8 Å². The van der Waals surface area contributed by atoms with E-state index < -0.39 is 11.8 Å². The van der Waals surface area contributed by atoms with Crippen molar-refractivity contribution in [1.82, 2.24) is 14.3 Å². The van der Waals surface area contributed by atoms with Crippen LogP contribution in [0.2, 0.25) is 5.02 Å². The number of aryl methyl sites for hydroxylation is 2. The minimum Gasteiger partial charge on any atom is -0.493 e. The zero-order valence-electron chi connectivity index (χ0n) is 30.2. The number of benzene rings is 3. The Labute approximate surface area is 308 Å². The maximum absolute atomic E-state index is 13.9. The van der Waals surface area contributed by atoms with Crippen LogP contribution in [0.25, 0.3) is 32.8 Å². The summed E-state index contributed by atoms with van der Waals surface area (Å²) in [7, 11) is 1.95. The summed E-state index contributed by atoms with van der Waals surface area (Å²) >= 11 is 7.23. The summed E-state index contributed by atoms with van der Waals surface area (Å²) in [6.45, 7) is 8.42. The predicted octanol–water partition coefficient (Wildman–Crippen LogP) is 8.91. The van der Waals surface area contributed by atoms with Crippen molar-refractivity contribution in [2.45, 2.75) is 71.3 Å². The average Bonchev–Trinajstić information content (AvgIpc) is 3.80. The van der Waals surface area contributed by atoms with Gasteiger partial charge in [0, 0.05) is 47.6 Å². The summed E-state index contributed by atoms with van der Waals surface area (Å²) < 4.78 is 48.2. The summed E-state index contributed by atoms with van der Waals surface area (Å²) in [4.78, 5) is 13.9. The van der Waals surface area contributed by atoms with Crippen molar-refractivity contribution >= 4 is 39.2 Å². The van der Waals surface area contributed by atoms with Crippen molar-refractivity contribution in [2.24, 2.45) is 7.05 Å². The number of hydrogen-bond acceptors (Lipinski definition) is 7. The van der Waals surface area contributed by atoms with Gasteiger partial charge in [0.2, 0.25) is 0 Å². The molecule has 5 aromatic rings. The lowest BCUT2D eigenvalue weighted by atomic mass is 9.94. The molecule has 7 rings (SSSR count). The van der Waals surface area contributed by atoms with Gasteiger partial charge in [-0.15, -0.1) is 0 Å². The third-order valence-electron chi connectivity index (χ3n) is 10.1. The maximum Gasteiger partial charge on any atom is 0.355 e. The Bertz CT molecular complexity index is 2130. The fourth-order valence-electron chi connectivity index (χ4n) is 7.68. The molecule has 1 saturated heterocycles. The first-order valence-corrected chi connectivity index (χ1v) is 18.5. The van der Waals surface area contributed by atoms with E-state index in [1.54, 1.807) is 6.07 Å². The van der Waals surface area contributed by atoms with Crippen molar-refractivity contribution in [3.8, 4) is 16.9 Å². The Hall–Kier alpha value is -4.22. The number of nitrogens with zero attached hydrogens (tertiary/aromatic N) is 3. The molecule has 1 unspecified atom stereocenters. The summed E-state index contributed by atoms with van der Waals surface area (Å²) in [5.74, 6) is -0.675. The first kappa shape index (κ1) is 36.2. The molecule has 9 nitrogen and oxygen atoms in total. The van der Waals surface area contributed by atoms with Gasteiger partial charge in [-0.1, -0.05) is 48.9 Å². The standard InChI is InChI=1S/C41H45ClFN3O6/c1-5-32-36-35-31(42)17-16-30-29(12-10-22-49-33-13-9-11-26-25-27(43)14-15-28(26)33)39(40(47)48-6-2)46(38(30)35)20-7-8-21-50-34(37(36)44-45(32)4)18-19-41(3)51-23-24-52-41/h7-9,11,13-17,25,34H,5-6,10,12,18-24H2,1-4H3/b8-7-. The molecule has 2 aliphatic rings. The van der Waals surface area contributed by atoms with Crippen LogP contribution in [-0.2, 0) is 45.4 Å². The Morgan fingerprint density at radius 3 is 2.67 bits per heavy atom. The Morgan fingerprint density at radius 1 is 1.08 bits per heavy atom. The van der Waals surface area contributed by atoms with Crippen LogP contribution in [0.3, 0.4) is 0 Å². The van der Waals surface area contributed by atoms with Gasteiger partial charge in [-0.25, -0.2) is 9.18 Å². The lowest BCUT2D eigenvalue weighted by molar-refractivity contribution is -0.152. The maximum atomic E-state index is 13.9. The van der Waals surface area contributed by atoms with Crippen LogP contribution in [0.15, 0.2) is 60.7 Å². The van der Waals surface area contributed by atoms with Gasteiger partial charge in [0.1, 0.15) is 23.4 Å². The highest BCUT2D eigenvalue weighted by Crippen LogP contribution is 2.45. The molecule has 2 aliphatic heterocycles. The summed E-state index contributed by atoms with van der Waals surface area (Å²) in [6.07, 6.45) is 6.77. The number of carbonyl (C=O) groups is 1. The van der Waals surface area contributed by atoms with Crippen LogP contribution < -0.4 is 4.74 Å². The number of allylic oxidation sites excluding steroid dienone is 1. The van der Waals surface area contributed by atoms with Crippen molar-refractivity contribution in [3.05, 3.63) is 94.2 Å². The smallest absolute Gasteiger partial charge is 0.355 e. The average molecular weight is 730 g/mol. The Balaban J connectivity index is 1.32. The number of carbonyl (C=O) groups excluding carboxylic acids is 1. The van der Waals surface area contributed by atoms with Crippen LogP contribution in [0.4, 0.5) is 4.39 Å². The van der Waals surface area contributed by atoms with Crippen molar-refractivity contribution < 1.29 is 32.9 Å². The SMILES string of the molecule is CCOC(=O)c1c(CCCOc2cccc3cc(F)ccc23)c2ccc(Cl)c3c2n1C/C=C\COC(CCC1(C)OCCO1)c1nn(C)c(CC)c1-3. The quantitative estimate of drug-likeness (QED) is 0.0763. The van der Waals surface area contributed by atoms with E-state index in [1.807, 2.05) is 72.6 Å². The molecule has 0 amide bonds. The van der Waals surface area contributed by atoms with Crippen LogP contribution in [0.1, 0.15) is 73.6 Å². The van der Waals surface area contributed by atoms with Crippen molar-refractivity contribution in [1.29, 1.82) is 0 Å². The molecule has 0 radical (unpaired) electrons. The second kappa shape index (κ2) is 15.4. The molecular weight excluding hydrogens is 685 g/mol. The molecule has 2 aromatic heterocycles. The Kier molecular flexibility index (Phi) is 10.7. The van der Waals surface area contributed by atoms with Crippen LogP contribution in [-0.4, -0.2) is 59.1 Å². The highest BCUT2D eigenvalue weighted by molar-refractivity contribution is 6.35. The molecular formula is C41H45ClFN3O6. The minimum atomic E-state index is -0.682. The normalized spacial score (nSPS) is 17.6. The van der Waals surface area contributed by atoms with Gasteiger partial charge >= 0.3 is 5.97 Å². The fraction of sp³-hybridized carbons (Fsp3) is 0.415. The number of hydrogen-bond donors (Lipinski definition) is 0. The molecule has 0 bridgehead atoms. The molecule has 3 aromatic carbocycles. The zero-order chi connectivity index (χ0) is 36.4. The first-order valence-electron chi connectivity index (χ1n) is 18.1. The largest absolute Gasteiger partial charge is 0.493 e. The number of fused-ring (bicyclic) bond motifs is 3. The molecule has 52 heavy (non-hydrogen) atoms. The first-order chi connectivity index (χ1) is 25.2. The topological polar surface area (TPSA) is 86.0 Å². The highest BCUT2D eigenvalue weighted by Gasteiger charge is 2.35. The van der Waals surface area contributed by atoms with Crippen LogP contribution >= 0.6 is 11.6 Å². The van der Waals surface area contributed by atoms with Gasteiger partial charge in [0.05, 0.1) is 49.3 Å². The van der Waals surface area contributed by atoms with Crippen molar-refractivity contribution in [3.63, 3.8) is 0 Å². The molecule has 0 N–H and O–H groups in total. The molecule has 1 atom stereocenters. The van der Waals surface area contributed by atoms with E-state index in [2.05, 4.69) is 6.92 Å². The lowest BCUT2D eigenvalue weighted by Crippen LogP contribution is -2.26. The molecule has 0 aliphatic carbocycles. The number of aromatic nitrogens is 3. The number of rotatable bonds is 11. The monoisotopic (exact) mass is 729 g/mol. The lowest BCUT2D eigenvalue weighted by Gasteiger charge is -2.25. The minimum absolute atomic E-state index is 0.239. The highest BCUT2D eigenvalue weighted by atomic mass is 35.5. The Morgan fingerprint density at radius 2 is 1.88 bits per heavy atom. The predicted molar refractivity (Wildman–Crippen MR) is 200 cm³/mol. The van der Waals surface area contributed by atoms with Gasteiger partial charge < -0.3 is 28.3 Å². The van der Waals surface area contributed by atoms with Gasteiger partial charge in [-0.2, -0.15) is 5.10 Å². The van der Waals surface area contributed by atoms with Crippen LogP contribution in [0.5, 0.6) is 5.75 Å². The van der Waals surface area contributed by atoms with E-state index >= 15 is 0 Å². The van der Waals surface area contributed by atoms with E-state index in [1.165, 1.54) is 12.1 Å². The molecule has 4 heterocycles. The number of halogens is 2. The van der Waals surface area contributed by atoms with E-state index in [4.69, 9.17) is 40.4 Å². The van der Waals surface area contributed by atoms with Gasteiger partial charge in [0.25, 0.3) is 0 Å². The second-order valence-corrected chi connectivity index (χ2v) is 13.8.